The van der Waals surface area contributed by atoms with Gasteiger partial charge in [-0.3, -0.25) is 5.41 Å². The average Bonchev–Trinajstić information content (AvgIpc) is 2.91. The van der Waals surface area contributed by atoms with Crippen LogP contribution in [0.3, 0.4) is 0 Å². The second kappa shape index (κ2) is 4.21. The van der Waals surface area contributed by atoms with E-state index in [9.17, 15) is 0 Å². The van der Waals surface area contributed by atoms with Gasteiger partial charge >= 0.3 is 0 Å². The SMILES string of the molecule is N=C(N)n1nc(-c2ccco2)c2c1NCCCC2. The minimum Gasteiger partial charge on any atom is -0.463 e. The average molecular weight is 245 g/mol. The number of fused-ring (bicyclic) bond motifs is 1. The fourth-order valence-electron chi connectivity index (χ4n) is 2.29. The van der Waals surface area contributed by atoms with Gasteiger partial charge in [-0.15, -0.1) is 0 Å². The van der Waals surface area contributed by atoms with Gasteiger partial charge in [0.15, 0.2) is 5.76 Å². The Morgan fingerprint density at radius 2 is 2.39 bits per heavy atom. The zero-order chi connectivity index (χ0) is 12.5. The van der Waals surface area contributed by atoms with Crippen molar-refractivity contribution in [2.75, 3.05) is 11.9 Å². The summed E-state index contributed by atoms with van der Waals surface area (Å²) < 4.78 is 6.85. The summed E-state index contributed by atoms with van der Waals surface area (Å²) >= 11 is 0. The summed E-state index contributed by atoms with van der Waals surface area (Å²) in [6.45, 7) is 0.879. The van der Waals surface area contributed by atoms with E-state index >= 15 is 0 Å². The molecule has 3 heterocycles. The summed E-state index contributed by atoms with van der Waals surface area (Å²) in [6, 6.07) is 3.70. The Hall–Kier alpha value is -2.24. The molecule has 0 amide bonds. The van der Waals surface area contributed by atoms with Crippen molar-refractivity contribution in [3.63, 3.8) is 0 Å². The smallest absolute Gasteiger partial charge is 0.215 e. The number of hydrogen-bond acceptors (Lipinski definition) is 4. The van der Waals surface area contributed by atoms with Crippen molar-refractivity contribution in [3.05, 3.63) is 24.0 Å². The van der Waals surface area contributed by atoms with E-state index in [1.165, 1.54) is 4.68 Å². The molecule has 0 atom stereocenters. The number of furan rings is 1. The lowest BCUT2D eigenvalue weighted by Gasteiger charge is -2.06. The van der Waals surface area contributed by atoms with Gasteiger partial charge < -0.3 is 15.5 Å². The molecule has 0 saturated heterocycles. The molecule has 0 radical (unpaired) electrons. The lowest BCUT2D eigenvalue weighted by molar-refractivity contribution is 0.578. The topological polar surface area (TPSA) is 92.9 Å². The summed E-state index contributed by atoms with van der Waals surface area (Å²) in [5, 5.41) is 15.3. The molecule has 0 unspecified atom stereocenters. The van der Waals surface area contributed by atoms with Gasteiger partial charge in [0.1, 0.15) is 11.5 Å². The molecule has 18 heavy (non-hydrogen) atoms. The molecule has 6 heteroatoms. The van der Waals surface area contributed by atoms with Crippen LogP contribution in [0.4, 0.5) is 5.82 Å². The van der Waals surface area contributed by atoms with E-state index in [1.807, 2.05) is 12.1 Å². The van der Waals surface area contributed by atoms with Crippen LogP contribution in [-0.4, -0.2) is 22.3 Å². The third-order valence-electron chi connectivity index (χ3n) is 3.11. The zero-order valence-corrected chi connectivity index (χ0v) is 9.94. The lowest BCUT2D eigenvalue weighted by Crippen LogP contribution is -2.24. The summed E-state index contributed by atoms with van der Waals surface area (Å²) in [7, 11) is 0. The van der Waals surface area contributed by atoms with Crippen molar-refractivity contribution in [2.24, 2.45) is 5.73 Å². The van der Waals surface area contributed by atoms with Crippen molar-refractivity contribution in [1.82, 2.24) is 9.78 Å². The van der Waals surface area contributed by atoms with Crippen LogP contribution in [0.5, 0.6) is 0 Å². The first-order valence-electron chi connectivity index (χ1n) is 6.01. The van der Waals surface area contributed by atoms with Crippen LogP contribution in [0.1, 0.15) is 18.4 Å². The van der Waals surface area contributed by atoms with Crippen molar-refractivity contribution >= 4 is 11.8 Å². The molecule has 2 aromatic rings. The molecule has 0 spiro atoms. The summed E-state index contributed by atoms with van der Waals surface area (Å²) in [6.07, 6.45) is 4.74. The first kappa shape index (κ1) is 10.9. The highest BCUT2D eigenvalue weighted by Gasteiger charge is 2.23. The minimum atomic E-state index is -0.0848. The van der Waals surface area contributed by atoms with Gasteiger partial charge in [0, 0.05) is 12.1 Å². The van der Waals surface area contributed by atoms with Gasteiger partial charge in [-0.2, -0.15) is 9.78 Å². The van der Waals surface area contributed by atoms with Crippen molar-refractivity contribution < 1.29 is 4.42 Å². The number of anilines is 1. The monoisotopic (exact) mass is 245 g/mol. The molecule has 1 aliphatic heterocycles. The molecule has 2 aromatic heterocycles. The van der Waals surface area contributed by atoms with Crippen LogP contribution in [0.2, 0.25) is 0 Å². The van der Waals surface area contributed by atoms with Crippen molar-refractivity contribution in [2.45, 2.75) is 19.3 Å². The Balaban J connectivity index is 2.17. The summed E-state index contributed by atoms with van der Waals surface area (Å²) in [5.41, 5.74) is 7.43. The van der Waals surface area contributed by atoms with Crippen LogP contribution in [0, 0.1) is 5.41 Å². The predicted octanol–water partition coefficient (Wildman–Crippen LogP) is 1.63. The Labute approximate surface area is 104 Å². The molecular weight excluding hydrogens is 230 g/mol. The molecule has 6 nitrogen and oxygen atoms in total. The maximum atomic E-state index is 7.59. The van der Waals surface area contributed by atoms with Gasteiger partial charge in [0.2, 0.25) is 5.96 Å². The van der Waals surface area contributed by atoms with Crippen LogP contribution < -0.4 is 11.1 Å². The van der Waals surface area contributed by atoms with Crippen LogP contribution in [0.25, 0.3) is 11.5 Å². The maximum Gasteiger partial charge on any atom is 0.215 e. The molecule has 0 saturated carbocycles. The van der Waals surface area contributed by atoms with E-state index in [2.05, 4.69) is 10.4 Å². The van der Waals surface area contributed by atoms with E-state index in [-0.39, 0.29) is 5.96 Å². The fraction of sp³-hybridized carbons (Fsp3) is 0.333. The largest absolute Gasteiger partial charge is 0.463 e. The zero-order valence-electron chi connectivity index (χ0n) is 9.94. The molecular formula is C12H15N5O. The second-order valence-corrected chi connectivity index (χ2v) is 4.33. The van der Waals surface area contributed by atoms with Gasteiger partial charge in [0.25, 0.3) is 0 Å². The first-order chi connectivity index (χ1) is 8.77. The second-order valence-electron chi connectivity index (χ2n) is 4.33. The van der Waals surface area contributed by atoms with E-state index in [0.717, 1.165) is 48.6 Å². The molecule has 0 aliphatic carbocycles. The highest BCUT2D eigenvalue weighted by atomic mass is 16.3. The summed E-state index contributed by atoms with van der Waals surface area (Å²) in [5.74, 6) is 1.46. The molecule has 0 bridgehead atoms. The number of nitrogens with two attached hydrogens (primary N) is 1. The summed E-state index contributed by atoms with van der Waals surface area (Å²) in [4.78, 5) is 0. The van der Waals surface area contributed by atoms with Crippen LogP contribution >= 0.6 is 0 Å². The van der Waals surface area contributed by atoms with Crippen LogP contribution in [-0.2, 0) is 6.42 Å². The Morgan fingerprint density at radius 1 is 1.50 bits per heavy atom. The highest BCUT2D eigenvalue weighted by molar-refractivity contribution is 5.83. The highest BCUT2D eigenvalue weighted by Crippen LogP contribution is 2.31. The molecule has 4 N–H and O–H groups in total. The van der Waals surface area contributed by atoms with Gasteiger partial charge in [-0.1, -0.05) is 0 Å². The third-order valence-corrected chi connectivity index (χ3v) is 3.11. The number of nitrogens with zero attached hydrogens (tertiary/aromatic N) is 2. The number of rotatable bonds is 1. The van der Waals surface area contributed by atoms with E-state index in [4.69, 9.17) is 15.6 Å². The van der Waals surface area contributed by atoms with E-state index in [0.29, 0.717) is 0 Å². The Kier molecular flexibility index (Phi) is 2.55. The van der Waals surface area contributed by atoms with Gasteiger partial charge in [-0.05, 0) is 31.4 Å². The third kappa shape index (κ3) is 1.66. The lowest BCUT2D eigenvalue weighted by atomic mass is 10.1. The molecule has 3 rings (SSSR count). The first-order valence-corrected chi connectivity index (χ1v) is 6.01. The van der Waals surface area contributed by atoms with Gasteiger partial charge in [-0.25, -0.2) is 0 Å². The fourth-order valence-corrected chi connectivity index (χ4v) is 2.29. The standard InChI is InChI=1S/C12H15N5O/c13-12(14)17-11-8(4-1-2-6-15-11)10(16-17)9-5-3-7-18-9/h3,5,7,15H,1-2,4,6H2,(H3,13,14). The minimum absolute atomic E-state index is 0.0848. The number of hydrogen-bond donors (Lipinski definition) is 3. The van der Waals surface area contributed by atoms with Crippen LogP contribution in [0.15, 0.2) is 22.8 Å². The quantitative estimate of drug-likeness (QED) is 0.526. The van der Waals surface area contributed by atoms with Gasteiger partial charge in [0.05, 0.1) is 6.26 Å². The Morgan fingerprint density at radius 3 is 3.11 bits per heavy atom. The number of aromatic nitrogens is 2. The number of nitrogens with one attached hydrogen (secondary N) is 2. The molecule has 0 aromatic carbocycles. The predicted molar refractivity (Wildman–Crippen MR) is 68.7 cm³/mol. The molecule has 94 valence electrons. The maximum absolute atomic E-state index is 7.59. The van der Waals surface area contributed by atoms with Crippen molar-refractivity contribution in [1.29, 1.82) is 5.41 Å². The van der Waals surface area contributed by atoms with E-state index < -0.39 is 0 Å². The normalized spacial score (nSPS) is 14.7. The Bertz CT molecular complexity index is 570. The van der Waals surface area contributed by atoms with Crippen molar-refractivity contribution in [3.8, 4) is 11.5 Å². The number of nitrogen functional groups attached to an aromatic ring is 1. The van der Waals surface area contributed by atoms with E-state index in [1.54, 1.807) is 6.26 Å². The molecule has 1 aliphatic rings. The molecule has 0 fully saturated rings.